The molecule has 4 rings (SSSR count). The van der Waals surface area contributed by atoms with Crippen molar-refractivity contribution in [1.29, 1.82) is 5.26 Å². The minimum atomic E-state index is -4.81. The third kappa shape index (κ3) is 4.24. The van der Waals surface area contributed by atoms with Gasteiger partial charge in [0.1, 0.15) is 11.9 Å². The minimum absolute atomic E-state index is 0.00430. The number of carbonyl (C=O) groups is 1. The number of nitriles is 1. The predicted molar refractivity (Wildman–Crippen MR) is 128 cm³/mol. The predicted octanol–water partition coefficient (Wildman–Crippen LogP) is 4.46. The van der Waals surface area contributed by atoms with Crippen molar-refractivity contribution in [1.82, 2.24) is 10.3 Å². The molecular formula is C24H25F4N5O2S. The van der Waals surface area contributed by atoms with Crippen LogP contribution in [0.2, 0.25) is 0 Å². The monoisotopic (exact) mass is 523 g/mol. The van der Waals surface area contributed by atoms with Crippen LogP contribution in [0.15, 0.2) is 30.5 Å². The molecule has 1 aromatic carbocycles. The average Bonchev–Trinajstić information content (AvgIpc) is 3.06. The topological polar surface area (TPSA) is 92.5 Å². The summed E-state index contributed by atoms with van der Waals surface area (Å²) in [5.74, 6) is -1.30. The van der Waals surface area contributed by atoms with Crippen molar-refractivity contribution >= 4 is 29.0 Å². The summed E-state index contributed by atoms with van der Waals surface area (Å²) < 4.78 is 55.9. The Hall–Kier alpha value is -3.04. The maximum Gasteiger partial charge on any atom is 0.419 e. The summed E-state index contributed by atoms with van der Waals surface area (Å²) in [6.07, 6.45) is -1.31. The van der Waals surface area contributed by atoms with Crippen LogP contribution in [0.1, 0.15) is 54.7 Å². The number of anilines is 2. The largest absolute Gasteiger partial charge is 0.419 e. The molecule has 2 aromatic rings. The summed E-state index contributed by atoms with van der Waals surface area (Å²) in [4.78, 5) is 19.3. The highest BCUT2D eigenvalue weighted by Gasteiger charge is 2.60. The maximum atomic E-state index is 15.1. The summed E-state index contributed by atoms with van der Waals surface area (Å²) in [7, 11) is 0. The van der Waals surface area contributed by atoms with E-state index in [-0.39, 0.29) is 17.3 Å². The molecule has 1 saturated heterocycles. The van der Waals surface area contributed by atoms with Gasteiger partial charge in [-0.25, -0.2) is 9.37 Å². The second kappa shape index (κ2) is 9.44. The highest BCUT2D eigenvalue weighted by atomic mass is 32.2. The van der Waals surface area contributed by atoms with Crippen LogP contribution < -0.4 is 15.1 Å². The zero-order valence-corrected chi connectivity index (χ0v) is 20.6. The number of rotatable bonds is 5. The Morgan fingerprint density at radius 2 is 2.00 bits per heavy atom. The maximum absolute atomic E-state index is 15.1. The van der Waals surface area contributed by atoms with Crippen LogP contribution >= 0.6 is 11.8 Å². The minimum Gasteiger partial charge on any atom is -0.371 e. The van der Waals surface area contributed by atoms with E-state index in [9.17, 15) is 23.1 Å². The number of pyridine rings is 1. The average molecular weight is 524 g/mol. The number of aromatic nitrogens is 1. The van der Waals surface area contributed by atoms with E-state index in [4.69, 9.17) is 5.26 Å². The van der Waals surface area contributed by atoms with Gasteiger partial charge in [-0.2, -0.15) is 18.4 Å². The number of thioether (sulfide) groups is 1. The number of nitrogens with zero attached hydrogens (tertiary/aromatic N) is 4. The summed E-state index contributed by atoms with van der Waals surface area (Å²) in [5.41, 5.74) is -3.25. The molecule has 12 heteroatoms. The summed E-state index contributed by atoms with van der Waals surface area (Å²) in [6.45, 7) is 3.52. The Labute approximate surface area is 210 Å². The third-order valence-corrected chi connectivity index (χ3v) is 7.45. The number of amides is 1. The molecule has 1 saturated carbocycles. The molecule has 192 valence electrons. The van der Waals surface area contributed by atoms with Gasteiger partial charge in [0.05, 0.1) is 28.6 Å². The van der Waals surface area contributed by atoms with Gasteiger partial charge in [0, 0.05) is 11.7 Å². The van der Waals surface area contributed by atoms with Crippen LogP contribution in [0.4, 0.5) is 28.9 Å². The first-order valence-electron chi connectivity index (χ1n) is 11.3. The number of alkyl halides is 3. The molecule has 1 aliphatic heterocycles. The molecule has 2 N–H and O–H groups in total. The number of nitrogens with one attached hydrogen (secondary N) is 1. The number of hydrogen-bond acceptors (Lipinski definition) is 7. The Balaban J connectivity index is 1.78. The molecule has 1 amide bonds. The molecule has 1 aromatic heterocycles. The third-order valence-electron chi connectivity index (χ3n) is 6.59. The molecule has 2 atom stereocenters. The van der Waals surface area contributed by atoms with Crippen LogP contribution in [0.5, 0.6) is 0 Å². The van der Waals surface area contributed by atoms with Crippen molar-refractivity contribution in [2.24, 2.45) is 0 Å². The summed E-state index contributed by atoms with van der Waals surface area (Å²) >= 11 is 1.26. The van der Waals surface area contributed by atoms with E-state index in [1.807, 2.05) is 4.90 Å². The number of benzene rings is 1. The lowest BCUT2D eigenvalue weighted by Crippen LogP contribution is -2.57. The Bertz CT molecular complexity index is 1210. The van der Waals surface area contributed by atoms with Gasteiger partial charge in [-0.05, 0) is 63.6 Å². The van der Waals surface area contributed by atoms with Crippen molar-refractivity contribution in [2.75, 3.05) is 16.1 Å². The second-order valence-electron chi connectivity index (χ2n) is 9.16. The first-order valence-corrected chi connectivity index (χ1v) is 12.6. The molecule has 0 radical (unpaired) electrons. The van der Waals surface area contributed by atoms with Crippen LogP contribution in [0, 0.1) is 17.1 Å². The quantitative estimate of drug-likeness (QED) is 0.559. The van der Waals surface area contributed by atoms with Gasteiger partial charge in [0.2, 0.25) is 0 Å². The summed E-state index contributed by atoms with van der Waals surface area (Å²) in [5, 5.41) is 23.2. The van der Waals surface area contributed by atoms with Gasteiger partial charge in [-0.1, -0.05) is 0 Å². The molecule has 1 spiro atoms. The van der Waals surface area contributed by atoms with Gasteiger partial charge in [0.25, 0.3) is 5.91 Å². The normalized spacial score (nSPS) is 21.0. The molecule has 2 aliphatic rings. The molecular weight excluding hydrogens is 498 g/mol. The van der Waals surface area contributed by atoms with Crippen LogP contribution in [0.25, 0.3) is 0 Å². The fourth-order valence-corrected chi connectivity index (χ4v) is 5.84. The highest BCUT2D eigenvalue weighted by Crippen LogP contribution is 2.53. The lowest BCUT2D eigenvalue weighted by atomic mass is 9.74. The van der Waals surface area contributed by atoms with E-state index in [0.717, 1.165) is 18.7 Å². The first kappa shape index (κ1) is 26.0. The Morgan fingerprint density at radius 3 is 2.50 bits per heavy atom. The van der Waals surface area contributed by atoms with Gasteiger partial charge in [-0.15, -0.1) is 11.8 Å². The van der Waals surface area contributed by atoms with Gasteiger partial charge in [-0.3, -0.25) is 4.79 Å². The zero-order chi connectivity index (χ0) is 26.4. The standard InChI is InChI=1S/C24H25F4N5O2S/c1-13(2)31-20(34)16-6-5-14(10-18(16)25)33-22(36-3)32(21(35)23(33)7-4-8-23)15-9-17(24(26,27)28)19(11-29)30-12-15/h5-6,9-10,12-13,21-22,35H,4,7-8H2,1-3H3,(H,31,34). The Kier molecular flexibility index (Phi) is 6.83. The van der Waals surface area contributed by atoms with Crippen LogP contribution in [-0.2, 0) is 6.18 Å². The smallest absolute Gasteiger partial charge is 0.371 e. The lowest BCUT2D eigenvalue weighted by Gasteiger charge is -2.48. The first-order chi connectivity index (χ1) is 16.9. The number of aliphatic hydroxyl groups excluding tert-OH is 1. The molecule has 2 heterocycles. The fraction of sp³-hybridized carbons (Fsp3) is 0.458. The van der Waals surface area contributed by atoms with E-state index in [2.05, 4.69) is 10.3 Å². The molecule has 0 bridgehead atoms. The summed E-state index contributed by atoms with van der Waals surface area (Å²) in [6, 6.07) is 6.25. The zero-order valence-electron chi connectivity index (χ0n) is 19.8. The molecule has 36 heavy (non-hydrogen) atoms. The van der Waals surface area contributed by atoms with Crippen molar-refractivity contribution in [3.8, 4) is 6.07 Å². The molecule has 2 unspecified atom stereocenters. The van der Waals surface area contributed by atoms with Gasteiger partial charge < -0.3 is 20.2 Å². The number of aliphatic hydroxyl groups is 1. The van der Waals surface area contributed by atoms with E-state index >= 15 is 4.39 Å². The highest BCUT2D eigenvalue weighted by molar-refractivity contribution is 7.99. The van der Waals surface area contributed by atoms with Crippen LogP contribution in [0.3, 0.4) is 0 Å². The van der Waals surface area contributed by atoms with Gasteiger partial charge >= 0.3 is 6.18 Å². The van der Waals surface area contributed by atoms with E-state index < -0.39 is 46.4 Å². The van der Waals surface area contributed by atoms with E-state index in [0.29, 0.717) is 18.5 Å². The molecule has 1 aliphatic carbocycles. The van der Waals surface area contributed by atoms with E-state index in [1.54, 1.807) is 26.2 Å². The lowest BCUT2D eigenvalue weighted by molar-refractivity contribution is -0.138. The molecule has 2 fully saturated rings. The SMILES string of the molecule is CSC1N(c2cnc(C#N)c(C(F)(F)F)c2)C(O)C2(CCC2)N1c1ccc(C(=O)NC(C)C)c(F)c1. The Morgan fingerprint density at radius 1 is 1.31 bits per heavy atom. The number of carbonyl (C=O) groups excluding carboxylic acids is 1. The van der Waals surface area contributed by atoms with Crippen LogP contribution in [-0.4, -0.2) is 45.6 Å². The van der Waals surface area contributed by atoms with Crippen molar-refractivity contribution in [3.63, 3.8) is 0 Å². The van der Waals surface area contributed by atoms with Crippen molar-refractivity contribution in [2.45, 2.75) is 62.6 Å². The second-order valence-corrected chi connectivity index (χ2v) is 10.1. The molecule has 7 nitrogen and oxygen atoms in total. The van der Waals surface area contributed by atoms with E-state index in [1.165, 1.54) is 34.9 Å². The van der Waals surface area contributed by atoms with Crippen molar-refractivity contribution in [3.05, 3.63) is 53.1 Å². The van der Waals surface area contributed by atoms with Crippen molar-refractivity contribution < 1.29 is 27.5 Å². The number of hydrogen-bond donors (Lipinski definition) is 2. The number of halogens is 4. The van der Waals surface area contributed by atoms with Gasteiger partial charge in [0.15, 0.2) is 17.4 Å². The fourth-order valence-electron chi connectivity index (χ4n) is 4.84.